The van der Waals surface area contributed by atoms with Gasteiger partial charge in [0.15, 0.2) is 0 Å². The van der Waals surface area contributed by atoms with E-state index in [4.69, 9.17) is 4.74 Å². The summed E-state index contributed by atoms with van der Waals surface area (Å²) in [6, 6.07) is -1.22. The molecule has 6 heteroatoms. The number of esters is 1. The second-order valence-electron chi connectivity index (χ2n) is 12.1. The minimum absolute atomic E-state index is 0.301. The largest absolute Gasteiger partial charge is 0.480 e. The number of rotatable bonds is 32. The van der Waals surface area contributed by atoms with Gasteiger partial charge >= 0.3 is 11.9 Å². The van der Waals surface area contributed by atoms with Crippen LogP contribution >= 0.6 is 0 Å². The predicted molar refractivity (Wildman–Crippen MR) is 171 cm³/mol. The van der Waals surface area contributed by atoms with Crippen LogP contribution < -0.4 is 5.32 Å². The van der Waals surface area contributed by atoms with Crippen LogP contribution in [-0.2, 0) is 19.1 Å². The van der Waals surface area contributed by atoms with Crippen LogP contribution in [0.1, 0.15) is 194 Å². The van der Waals surface area contributed by atoms with Crippen LogP contribution in [0.5, 0.6) is 0 Å². The Balaban J connectivity index is 3.66. The van der Waals surface area contributed by atoms with Gasteiger partial charge in [-0.1, -0.05) is 168 Å². The molecule has 0 spiro atoms. The van der Waals surface area contributed by atoms with E-state index < -0.39 is 18.0 Å². The van der Waals surface area contributed by atoms with Crippen LogP contribution in [0.4, 0.5) is 0 Å². The van der Waals surface area contributed by atoms with Crippen molar-refractivity contribution in [3.05, 3.63) is 0 Å². The zero-order chi connectivity index (χ0) is 30.2. The molecule has 0 fully saturated rings. The number of ether oxygens (including phenoxy) is 1. The van der Waals surface area contributed by atoms with Gasteiger partial charge in [-0.3, -0.25) is 9.59 Å². The highest BCUT2D eigenvalue weighted by Crippen LogP contribution is 2.14. The van der Waals surface area contributed by atoms with Crippen molar-refractivity contribution in [3.63, 3.8) is 0 Å². The number of carboxylic acids is 1. The van der Waals surface area contributed by atoms with Crippen molar-refractivity contribution < 1.29 is 24.2 Å². The molecule has 1 atom stereocenters. The second kappa shape index (κ2) is 31.3. The lowest BCUT2D eigenvalue weighted by Gasteiger charge is -2.14. The van der Waals surface area contributed by atoms with E-state index in [1.165, 1.54) is 128 Å². The Morgan fingerprint density at radius 2 is 0.878 bits per heavy atom. The van der Waals surface area contributed by atoms with E-state index in [-0.39, 0.29) is 12.3 Å². The zero-order valence-electron chi connectivity index (χ0n) is 27.2. The summed E-state index contributed by atoms with van der Waals surface area (Å²) < 4.78 is 5.22. The molecule has 0 saturated carbocycles. The van der Waals surface area contributed by atoms with Crippen LogP contribution in [0.15, 0.2) is 0 Å². The van der Waals surface area contributed by atoms with E-state index in [0.29, 0.717) is 13.0 Å². The first-order valence-corrected chi connectivity index (χ1v) is 17.7. The maximum atomic E-state index is 12.2. The number of hydrogen-bond acceptors (Lipinski definition) is 4. The van der Waals surface area contributed by atoms with Crippen LogP contribution in [0.25, 0.3) is 0 Å². The van der Waals surface area contributed by atoms with Gasteiger partial charge in [0.25, 0.3) is 0 Å². The molecule has 0 aliphatic carbocycles. The van der Waals surface area contributed by atoms with Gasteiger partial charge in [-0.25, -0.2) is 4.79 Å². The van der Waals surface area contributed by atoms with Gasteiger partial charge in [-0.2, -0.15) is 0 Å². The van der Waals surface area contributed by atoms with Gasteiger partial charge in [0.2, 0.25) is 5.91 Å². The monoisotopic (exact) mass is 582 g/mol. The normalized spacial score (nSPS) is 11.9. The van der Waals surface area contributed by atoms with Crippen molar-refractivity contribution in [3.8, 4) is 0 Å². The average Bonchev–Trinajstić information content (AvgIpc) is 2.95. The topological polar surface area (TPSA) is 92.7 Å². The number of aliphatic carboxylic acids is 1. The van der Waals surface area contributed by atoms with Gasteiger partial charge in [0.1, 0.15) is 6.04 Å². The first-order valence-electron chi connectivity index (χ1n) is 17.7. The molecule has 0 unspecified atom stereocenters. The molecule has 0 saturated heterocycles. The summed E-state index contributed by atoms with van der Waals surface area (Å²) in [4.78, 5) is 35.8. The summed E-state index contributed by atoms with van der Waals surface area (Å²) in [5, 5.41) is 11.9. The third kappa shape index (κ3) is 29.7. The maximum Gasteiger partial charge on any atom is 0.326 e. The van der Waals surface area contributed by atoms with E-state index in [0.717, 1.165) is 38.5 Å². The van der Waals surface area contributed by atoms with E-state index in [2.05, 4.69) is 19.2 Å². The van der Waals surface area contributed by atoms with E-state index >= 15 is 0 Å². The second-order valence-corrected chi connectivity index (χ2v) is 12.1. The standard InChI is InChI=1S/C35H67NO5/c1-3-5-7-9-11-13-15-16-17-18-19-21-23-25-27-29-33(37)36-32(35(39)40)31-34(38)41-30-28-26-24-22-20-14-12-10-8-6-4-2/h32H,3-31H2,1-2H3,(H,36,37)(H,39,40)/t32-/m0/s1. The molecule has 0 aromatic rings. The lowest BCUT2D eigenvalue weighted by molar-refractivity contribution is -0.150. The van der Waals surface area contributed by atoms with Gasteiger partial charge < -0.3 is 15.2 Å². The van der Waals surface area contributed by atoms with Gasteiger partial charge in [0, 0.05) is 6.42 Å². The van der Waals surface area contributed by atoms with Gasteiger partial charge in [0.05, 0.1) is 13.0 Å². The summed E-state index contributed by atoms with van der Waals surface area (Å²) in [5.74, 6) is -2.05. The van der Waals surface area contributed by atoms with Crippen LogP contribution in [-0.4, -0.2) is 35.6 Å². The molecule has 0 aromatic heterocycles. The molecule has 0 aromatic carbocycles. The minimum atomic E-state index is -1.22. The highest BCUT2D eigenvalue weighted by atomic mass is 16.5. The number of carbonyl (C=O) groups excluding carboxylic acids is 2. The summed E-state index contributed by atoms with van der Waals surface area (Å²) in [5.41, 5.74) is 0. The first kappa shape index (κ1) is 39.4. The van der Waals surface area contributed by atoms with Gasteiger partial charge in [-0.15, -0.1) is 0 Å². The van der Waals surface area contributed by atoms with E-state index in [9.17, 15) is 19.5 Å². The smallest absolute Gasteiger partial charge is 0.326 e. The van der Waals surface area contributed by atoms with E-state index in [1.807, 2.05) is 0 Å². The van der Waals surface area contributed by atoms with Crippen LogP contribution in [0.2, 0.25) is 0 Å². The fourth-order valence-corrected chi connectivity index (χ4v) is 5.30. The summed E-state index contributed by atoms with van der Waals surface area (Å²) >= 11 is 0. The molecule has 0 rings (SSSR count). The Morgan fingerprint density at radius 3 is 1.24 bits per heavy atom. The number of carbonyl (C=O) groups is 3. The summed E-state index contributed by atoms with van der Waals surface area (Å²) in [7, 11) is 0. The zero-order valence-corrected chi connectivity index (χ0v) is 27.2. The molecule has 0 radical (unpaired) electrons. The fourth-order valence-electron chi connectivity index (χ4n) is 5.30. The van der Waals surface area contributed by atoms with Crippen molar-refractivity contribution in [2.45, 2.75) is 200 Å². The molecule has 0 bridgehead atoms. The third-order valence-electron chi connectivity index (χ3n) is 8.02. The molecule has 0 aliphatic heterocycles. The van der Waals surface area contributed by atoms with Crippen LogP contribution in [0.3, 0.4) is 0 Å². The Labute approximate surface area is 253 Å². The fraction of sp³-hybridized carbons (Fsp3) is 0.914. The quantitative estimate of drug-likeness (QED) is 0.0609. The molecule has 41 heavy (non-hydrogen) atoms. The third-order valence-corrected chi connectivity index (χ3v) is 8.02. The SMILES string of the molecule is CCCCCCCCCCCCCCCCCC(=O)N[C@@H](CC(=O)OCCCCCCCCCCCCC)C(=O)O. The lowest BCUT2D eigenvalue weighted by Crippen LogP contribution is -2.42. The molecule has 0 aliphatic rings. The maximum absolute atomic E-state index is 12.2. The predicted octanol–water partition coefficient (Wildman–Crippen LogP) is 10.1. The molecule has 242 valence electrons. The molecule has 0 heterocycles. The van der Waals surface area contributed by atoms with Crippen molar-refractivity contribution in [2.75, 3.05) is 6.61 Å². The lowest BCUT2D eigenvalue weighted by atomic mass is 10.0. The number of carboxylic acid groups (broad SMARTS) is 1. The minimum Gasteiger partial charge on any atom is -0.480 e. The van der Waals surface area contributed by atoms with Crippen molar-refractivity contribution in [2.24, 2.45) is 0 Å². The number of unbranched alkanes of at least 4 members (excludes halogenated alkanes) is 24. The highest BCUT2D eigenvalue weighted by molar-refractivity contribution is 5.87. The molecule has 1 amide bonds. The molecule has 2 N–H and O–H groups in total. The van der Waals surface area contributed by atoms with Crippen LogP contribution in [0, 0.1) is 0 Å². The number of hydrogen-bond donors (Lipinski definition) is 2. The Hall–Kier alpha value is -1.59. The Bertz CT molecular complexity index is 609. The first-order chi connectivity index (χ1) is 20.0. The van der Waals surface area contributed by atoms with Crippen molar-refractivity contribution in [1.29, 1.82) is 0 Å². The summed E-state index contributed by atoms with van der Waals surface area (Å²) in [6.07, 6.45) is 32.3. The molecule has 6 nitrogen and oxygen atoms in total. The molecular weight excluding hydrogens is 514 g/mol. The molecular formula is C35H67NO5. The number of amides is 1. The van der Waals surface area contributed by atoms with Gasteiger partial charge in [-0.05, 0) is 12.8 Å². The van der Waals surface area contributed by atoms with Crippen molar-refractivity contribution in [1.82, 2.24) is 5.32 Å². The number of nitrogens with one attached hydrogen (secondary N) is 1. The average molecular weight is 582 g/mol. The Morgan fingerprint density at radius 1 is 0.537 bits per heavy atom. The highest BCUT2D eigenvalue weighted by Gasteiger charge is 2.23. The van der Waals surface area contributed by atoms with E-state index in [1.54, 1.807) is 0 Å². The van der Waals surface area contributed by atoms with Crippen molar-refractivity contribution >= 4 is 17.8 Å². The summed E-state index contributed by atoms with van der Waals surface area (Å²) in [6.45, 7) is 4.81. The Kier molecular flexibility index (Phi) is 30.1.